The van der Waals surface area contributed by atoms with E-state index >= 15 is 4.39 Å². The van der Waals surface area contributed by atoms with Gasteiger partial charge in [-0.2, -0.15) is 0 Å². The standard InChI is InChI=1S/C28H37FO11/c1-12-8-16-15-5-4-13-9-14(31)6-7-25(13,2)27(15,29)17(32)10-26(16,3)28(12,18(33)11-30)40-24-21(36)19(34)20(35)22(39-24)23(37)38/h6-7,9,12,15-17,19-22,24,30,32,34-36H,4-5,8,10-11H2,1-3H3,(H,37,38)/t12-,15+,16+,17+,19+,20+,21-,22+,24+,25+,26+,27+,28+/m1/s1. The number of carboxylic acid groups (broad SMARTS) is 1. The fourth-order valence-electron chi connectivity index (χ4n) is 8.89. The minimum Gasteiger partial charge on any atom is -0.479 e. The first-order chi connectivity index (χ1) is 18.6. The number of aliphatic carboxylic acids is 1. The predicted molar refractivity (Wildman–Crippen MR) is 133 cm³/mol. The first-order valence-electron chi connectivity index (χ1n) is 13.7. The summed E-state index contributed by atoms with van der Waals surface area (Å²) >= 11 is 0. The molecule has 6 N–H and O–H groups in total. The molecule has 0 spiro atoms. The van der Waals surface area contributed by atoms with Gasteiger partial charge < -0.3 is 40.1 Å². The summed E-state index contributed by atoms with van der Waals surface area (Å²) in [6.45, 7) is 3.97. The van der Waals surface area contributed by atoms with Crippen molar-refractivity contribution in [2.45, 2.75) is 94.5 Å². The van der Waals surface area contributed by atoms with Crippen LogP contribution in [0.2, 0.25) is 0 Å². The van der Waals surface area contributed by atoms with Gasteiger partial charge in [0.15, 0.2) is 29.6 Å². The molecule has 0 unspecified atom stereocenters. The SMILES string of the molecule is C[C@@H]1C[C@H]2[C@@H]3CCC4=CC(=O)C=C[C@]4(C)[C@@]3(F)[C@@H](O)C[C@]2(C)[C@@]1(O[C@@H]1O[C@H](C(=O)O)[C@@H](O)[C@H](O)[C@H]1O)C(=O)CO. The third-order valence-electron chi connectivity index (χ3n) is 10.9. The average Bonchev–Trinajstić information content (AvgIpc) is 3.11. The molecule has 1 heterocycles. The number of alkyl halides is 1. The Balaban J connectivity index is 1.58. The van der Waals surface area contributed by atoms with E-state index in [1.807, 2.05) is 0 Å². The van der Waals surface area contributed by atoms with Gasteiger partial charge >= 0.3 is 5.97 Å². The van der Waals surface area contributed by atoms with E-state index in [4.69, 9.17) is 9.47 Å². The normalized spacial score (nSPS) is 51.9. The number of Topliss-reactive ketones (excluding diaryl/α,β-unsaturated/α-hetero) is 1. The Morgan fingerprint density at radius 2 is 1.80 bits per heavy atom. The number of hydrogen-bond donors (Lipinski definition) is 6. The molecule has 1 saturated heterocycles. The second-order valence-electron chi connectivity index (χ2n) is 12.6. The monoisotopic (exact) mass is 568 g/mol. The number of halogens is 1. The molecule has 4 aliphatic carbocycles. The number of aliphatic hydroxyl groups is 5. The van der Waals surface area contributed by atoms with Crippen LogP contribution in [0.1, 0.15) is 46.5 Å². The summed E-state index contributed by atoms with van der Waals surface area (Å²) in [7, 11) is 0. The lowest BCUT2D eigenvalue weighted by atomic mass is 9.44. The zero-order chi connectivity index (χ0) is 29.6. The summed E-state index contributed by atoms with van der Waals surface area (Å²) < 4.78 is 29.0. The van der Waals surface area contributed by atoms with E-state index < -0.39 is 95.0 Å². The first-order valence-corrected chi connectivity index (χ1v) is 13.7. The Hall–Kier alpha value is -2.06. The van der Waals surface area contributed by atoms with Crippen molar-refractivity contribution in [1.82, 2.24) is 0 Å². The Bertz CT molecular complexity index is 1170. The summed E-state index contributed by atoms with van der Waals surface area (Å²) in [5.74, 6) is -4.77. The Kier molecular flexibility index (Phi) is 6.98. The topological polar surface area (TPSA) is 191 Å². The largest absolute Gasteiger partial charge is 0.479 e. The first kappa shape index (κ1) is 29.4. The molecule has 13 atom stereocenters. The average molecular weight is 569 g/mol. The van der Waals surface area contributed by atoms with Crippen LogP contribution in [-0.2, 0) is 23.9 Å². The van der Waals surface area contributed by atoms with E-state index in [-0.39, 0.29) is 25.0 Å². The van der Waals surface area contributed by atoms with Crippen LogP contribution in [0, 0.1) is 28.6 Å². The summed E-state index contributed by atoms with van der Waals surface area (Å²) in [6.07, 6.45) is -6.58. The van der Waals surface area contributed by atoms with Crippen LogP contribution >= 0.6 is 0 Å². The summed E-state index contributed by atoms with van der Waals surface area (Å²) in [4.78, 5) is 37.4. The molecule has 5 rings (SSSR count). The van der Waals surface area contributed by atoms with Crippen LogP contribution in [0.15, 0.2) is 23.8 Å². The van der Waals surface area contributed by atoms with E-state index in [0.29, 0.717) is 12.0 Å². The predicted octanol–water partition coefficient (Wildman–Crippen LogP) is -0.188. The van der Waals surface area contributed by atoms with Crippen LogP contribution in [0.5, 0.6) is 0 Å². The third kappa shape index (κ3) is 3.56. The molecule has 3 saturated carbocycles. The van der Waals surface area contributed by atoms with Gasteiger partial charge in [-0.05, 0) is 56.6 Å². The summed E-state index contributed by atoms with van der Waals surface area (Å²) in [6, 6.07) is 0. The van der Waals surface area contributed by atoms with Crippen molar-refractivity contribution in [3.8, 4) is 0 Å². The van der Waals surface area contributed by atoms with Crippen LogP contribution < -0.4 is 0 Å². The molecule has 12 heteroatoms. The van der Waals surface area contributed by atoms with Gasteiger partial charge in [-0.1, -0.05) is 25.5 Å². The lowest BCUT2D eigenvalue weighted by Crippen LogP contribution is -2.71. The molecular formula is C28H37FO11. The minimum absolute atomic E-state index is 0.236. The van der Waals surface area contributed by atoms with Gasteiger partial charge in [-0.3, -0.25) is 9.59 Å². The highest BCUT2D eigenvalue weighted by Gasteiger charge is 2.77. The van der Waals surface area contributed by atoms with Crippen LogP contribution in [-0.4, -0.2) is 103 Å². The van der Waals surface area contributed by atoms with Gasteiger partial charge in [0.1, 0.15) is 30.5 Å². The molecule has 5 aliphatic rings. The number of fused-ring (bicyclic) bond motifs is 5. The Labute approximate surface area is 230 Å². The van der Waals surface area contributed by atoms with Crippen LogP contribution in [0.4, 0.5) is 4.39 Å². The zero-order valence-corrected chi connectivity index (χ0v) is 22.6. The van der Waals surface area contributed by atoms with Crippen LogP contribution in [0.3, 0.4) is 0 Å². The van der Waals surface area contributed by atoms with Gasteiger partial charge in [0.05, 0.1) is 6.10 Å². The maximum Gasteiger partial charge on any atom is 0.335 e. The smallest absolute Gasteiger partial charge is 0.335 e. The van der Waals surface area contributed by atoms with Crippen molar-refractivity contribution >= 4 is 17.5 Å². The summed E-state index contributed by atoms with van der Waals surface area (Å²) in [5, 5.41) is 62.3. The molecule has 4 fully saturated rings. The third-order valence-corrected chi connectivity index (χ3v) is 10.9. The number of carbonyl (C=O) groups is 3. The highest BCUT2D eigenvalue weighted by Crippen LogP contribution is 2.71. The van der Waals surface area contributed by atoms with E-state index in [0.717, 1.165) is 0 Å². The molecule has 0 aromatic rings. The molecule has 1 aliphatic heterocycles. The van der Waals surface area contributed by atoms with E-state index in [1.165, 1.54) is 18.2 Å². The number of ketones is 2. The second kappa shape index (κ2) is 9.48. The fraction of sp³-hybridized carbons (Fsp3) is 0.750. The Morgan fingerprint density at radius 3 is 2.42 bits per heavy atom. The van der Waals surface area contributed by atoms with Crippen molar-refractivity contribution < 1.29 is 58.9 Å². The lowest BCUT2D eigenvalue weighted by Gasteiger charge is -2.63. The van der Waals surface area contributed by atoms with Crippen molar-refractivity contribution in [3.63, 3.8) is 0 Å². The number of carboxylic acids is 1. The molecule has 40 heavy (non-hydrogen) atoms. The fourth-order valence-corrected chi connectivity index (χ4v) is 8.89. The van der Waals surface area contributed by atoms with Gasteiger partial charge in [-0.15, -0.1) is 0 Å². The highest BCUT2D eigenvalue weighted by molar-refractivity contribution is 6.01. The molecule has 0 radical (unpaired) electrons. The summed E-state index contributed by atoms with van der Waals surface area (Å²) in [5.41, 5.74) is -6.15. The maximum absolute atomic E-state index is 17.5. The number of rotatable bonds is 5. The molecule has 0 bridgehead atoms. The van der Waals surface area contributed by atoms with E-state index in [9.17, 15) is 45.0 Å². The Morgan fingerprint density at radius 1 is 1.12 bits per heavy atom. The van der Waals surface area contributed by atoms with Crippen molar-refractivity contribution in [1.29, 1.82) is 0 Å². The quantitative estimate of drug-likeness (QED) is 0.258. The number of ether oxygens (including phenoxy) is 2. The lowest BCUT2D eigenvalue weighted by molar-refractivity contribution is -0.336. The second-order valence-corrected chi connectivity index (χ2v) is 12.6. The van der Waals surface area contributed by atoms with Gasteiger partial charge in [0.25, 0.3) is 0 Å². The van der Waals surface area contributed by atoms with Crippen molar-refractivity contribution in [3.05, 3.63) is 23.8 Å². The maximum atomic E-state index is 17.5. The van der Waals surface area contributed by atoms with E-state index in [2.05, 4.69) is 0 Å². The van der Waals surface area contributed by atoms with Gasteiger partial charge in [0.2, 0.25) is 0 Å². The molecule has 222 valence electrons. The van der Waals surface area contributed by atoms with Gasteiger partial charge in [-0.25, -0.2) is 9.18 Å². The van der Waals surface area contributed by atoms with Crippen molar-refractivity contribution in [2.24, 2.45) is 28.6 Å². The molecular weight excluding hydrogens is 531 g/mol. The number of hydrogen-bond acceptors (Lipinski definition) is 10. The highest BCUT2D eigenvalue weighted by atomic mass is 19.1. The molecule has 0 aromatic carbocycles. The number of aliphatic hydroxyl groups excluding tert-OH is 5. The number of carbonyl (C=O) groups excluding carboxylic acids is 2. The molecule has 0 amide bonds. The van der Waals surface area contributed by atoms with E-state index in [1.54, 1.807) is 20.8 Å². The van der Waals surface area contributed by atoms with Crippen molar-refractivity contribution in [2.75, 3.05) is 6.61 Å². The molecule has 0 aromatic heterocycles. The zero-order valence-electron chi connectivity index (χ0n) is 22.6. The van der Waals surface area contributed by atoms with Crippen LogP contribution in [0.25, 0.3) is 0 Å². The number of allylic oxidation sites excluding steroid dienone is 4. The van der Waals surface area contributed by atoms with Gasteiger partial charge in [0, 0.05) is 16.7 Å². The minimum atomic E-state index is -2.19. The molecule has 11 nitrogen and oxygen atoms in total.